The average molecular weight is 633 g/mol. The maximum Gasteiger partial charge on any atom is 0.297 e. The van der Waals surface area contributed by atoms with E-state index in [0.717, 1.165) is 88.6 Å². The van der Waals surface area contributed by atoms with E-state index in [1.807, 2.05) is 6.92 Å². The Morgan fingerprint density at radius 2 is 1.75 bits per heavy atom. The molecule has 5 rings (SSSR count). The Labute approximate surface area is 264 Å². The Morgan fingerprint density at radius 3 is 2.43 bits per heavy atom. The van der Waals surface area contributed by atoms with E-state index in [1.165, 1.54) is 18.6 Å². The number of aryl methyl sites for hydroxylation is 1. The SMILES string of the molecule is CCCCC[C@@H](/C=C/[C@@H]1[C@H]2CC(C(O)COS(=O)(=O)c3ccc(C)cc3)=C[C@H]2C[C@H]1OC1CCCCO1)OC1CCCCO1. The minimum absolute atomic E-state index is 0.0136. The highest BCUT2D eigenvalue weighted by Gasteiger charge is 2.46. The van der Waals surface area contributed by atoms with Crippen LogP contribution in [0, 0.1) is 24.7 Å². The number of fused-ring (bicyclic) bond motifs is 1. The number of benzene rings is 1. The first-order valence-corrected chi connectivity index (χ1v) is 18.3. The molecule has 3 unspecified atom stereocenters. The second kappa shape index (κ2) is 16.3. The van der Waals surface area contributed by atoms with Gasteiger partial charge in [0, 0.05) is 19.1 Å². The highest BCUT2D eigenvalue weighted by molar-refractivity contribution is 7.86. The van der Waals surface area contributed by atoms with Gasteiger partial charge in [0.05, 0.1) is 29.8 Å². The van der Waals surface area contributed by atoms with Crippen molar-refractivity contribution in [2.45, 2.75) is 127 Å². The zero-order valence-corrected chi connectivity index (χ0v) is 27.3. The van der Waals surface area contributed by atoms with E-state index in [-0.39, 0.29) is 54.0 Å². The van der Waals surface area contributed by atoms with Crippen molar-refractivity contribution in [3.05, 3.63) is 53.6 Å². The number of hydrogen-bond acceptors (Lipinski definition) is 8. The molecule has 1 N–H and O–H groups in total. The minimum Gasteiger partial charge on any atom is -0.386 e. The first kappa shape index (κ1) is 33.8. The number of hydrogen-bond donors (Lipinski definition) is 1. The van der Waals surface area contributed by atoms with Crippen LogP contribution in [0.1, 0.15) is 89.5 Å². The standard InChI is InChI=1S/C35H52O8S/c1-3-4-5-10-28(42-34-11-6-8-19-39-34)15-18-30-31-22-27(21-26(31)23-33(30)43-35-12-7-9-20-40-35)32(36)24-41-44(37,38)29-16-13-25(2)14-17-29/h13-18,21,26,28,30-36H,3-12,19-20,22-24H2,1-2H3/b18-15+/t26-,28-,30+,31-,32?,33+,34?,35?/m0/s1. The summed E-state index contributed by atoms with van der Waals surface area (Å²) in [7, 11) is -3.95. The molecule has 8 nitrogen and oxygen atoms in total. The van der Waals surface area contributed by atoms with Gasteiger partial charge < -0.3 is 24.1 Å². The van der Waals surface area contributed by atoms with E-state index in [9.17, 15) is 13.5 Å². The van der Waals surface area contributed by atoms with Gasteiger partial charge in [-0.1, -0.05) is 62.1 Å². The third-order valence-corrected chi connectivity index (χ3v) is 10.9. The van der Waals surface area contributed by atoms with Gasteiger partial charge in [0.25, 0.3) is 10.1 Å². The van der Waals surface area contributed by atoms with Crippen LogP contribution < -0.4 is 0 Å². The molecule has 3 fully saturated rings. The van der Waals surface area contributed by atoms with Crippen molar-refractivity contribution in [3.63, 3.8) is 0 Å². The summed E-state index contributed by atoms with van der Waals surface area (Å²) in [6, 6.07) is 6.53. The highest BCUT2D eigenvalue weighted by atomic mass is 32.2. The van der Waals surface area contributed by atoms with E-state index in [1.54, 1.807) is 12.1 Å². The van der Waals surface area contributed by atoms with Crippen LogP contribution in [0.5, 0.6) is 0 Å². The van der Waals surface area contributed by atoms with Crippen LogP contribution in [-0.2, 0) is 33.2 Å². The lowest BCUT2D eigenvalue weighted by Gasteiger charge is -2.30. The van der Waals surface area contributed by atoms with E-state index < -0.39 is 16.2 Å². The van der Waals surface area contributed by atoms with Crippen molar-refractivity contribution >= 4 is 10.1 Å². The predicted molar refractivity (Wildman–Crippen MR) is 168 cm³/mol. The fourth-order valence-electron chi connectivity index (χ4n) is 7.03. The van der Waals surface area contributed by atoms with Gasteiger partial charge in [0.15, 0.2) is 12.6 Å². The number of rotatable bonds is 15. The van der Waals surface area contributed by atoms with E-state index in [2.05, 4.69) is 25.2 Å². The summed E-state index contributed by atoms with van der Waals surface area (Å²) < 4.78 is 55.6. The van der Waals surface area contributed by atoms with Crippen LogP contribution in [-0.4, -0.2) is 64.2 Å². The molecule has 0 bridgehead atoms. The van der Waals surface area contributed by atoms with E-state index >= 15 is 0 Å². The Bertz CT molecular complexity index is 1180. The van der Waals surface area contributed by atoms with Gasteiger partial charge in [0.1, 0.15) is 0 Å². The summed E-state index contributed by atoms with van der Waals surface area (Å²) >= 11 is 0. The summed E-state index contributed by atoms with van der Waals surface area (Å²) in [5.41, 5.74) is 1.81. The van der Waals surface area contributed by atoms with Crippen molar-refractivity contribution in [2.75, 3.05) is 19.8 Å². The van der Waals surface area contributed by atoms with Crippen LogP contribution in [0.25, 0.3) is 0 Å². The van der Waals surface area contributed by atoms with Gasteiger partial charge in [-0.2, -0.15) is 8.42 Å². The smallest absolute Gasteiger partial charge is 0.297 e. The van der Waals surface area contributed by atoms with Crippen molar-refractivity contribution in [1.29, 1.82) is 0 Å². The summed E-state index contributed by atoms with van der Waals surface area (Å²) in [4.78, 5) is 0.0945. The zero-order valence-electron chi connectivity index (χ0n) is 26.5. The minimum atomic E-state index is -3.95. The fraction of sp³-hybridized carbons (Fsp3) is 0.714. The van der Waals surface area contributed by atoms with Crippen molar-refractivity contribution < 1.29 is 36.7 Å². The van der Waals surface area contributed by atoms with Crippen LogP contribution in [0.4, 0.5) is 0 Å². The molecule has 1 saturated carbocycles. The maximum absolute atomic E-state index is 12.7. The Balaban J connectivity index is 1.26. The van der Waals surface area contributed by atoms with Crippen molar-refractivity contribution in [2.24, 2.45) is 17.8 Å². The van der Waals surface area contributed by atoms with Gasteiger partial charge in [-0.3, -0.25) is 4.18 Å². The summed E-state index contributed by atoms with van der Waals surface area (Å²) in [6.07, 6.45) is 17.5. The monoisotopic (exact) mass is 632 g/mol. The molecule has 9 heteroatoms. The molecule has 0 amide bonds. The molecule has 2 aliphatic heterocycles. The Hall–Kier alpha value is -1.59. The van der Waals surface area contributed by atoms with Crippen molar-refractivity contribution in [1.82, 2.24) is 0 Å². The number of aliphatic hydroxyl groups is 1. The molecule has 2 aliphatic carbocycles. The first-order chi connectivity index (χ1) is 21.3. The normalized spacial score (nSPS) is 30.8. The lowest BCUT2D eigenvalue weighted by Crippen LogP contribution is -2.31. The van der Waals surface area contributed by atoms with Crippen LogP contribution in [0.3, 0.4) is 0 Å². The molecule has 1 aromatic carbocycles. The average Bonchev–Trinajstić information content (AvgIpc) is 3.58. The summed E-state index contributed by atoms with van der Waals surface area (Å²) in [5, 5.41) is 11.0. The molecule has 2 heterocycles. The van der Waals surface area contributed by atoms with Gasteiger partial charge in [-0.25, -0.2) is 0 Å². The molecule has 4 aliphatic rings. The van der Waals surface area contributed by atoms with Gasteiger partial charge in [-0.15, -0.1) is 0 Å². The molecule has 0 spiro atoms. The lowest BCUT2D eigenvalue weighted by atomic mass is 9.88. The van der Waals surface area contributed by atoms with Gasteiger partial charge in [0.2, 0.25) is 0 Å². The summed E-state index contributed by atoms with van der Waals surface area (Å²) in [6.45, 7) is 5.31. The topological polar surface area (TPSA) is 101 Å². The zero-order chi connectivity index (χ0) is 30.9. The molecule has 0 radical (unpaired) electrons. The second-order valence-electron chi connectivity index (χ2n) is 13.0. The molecule has 2 saturated heterocycles. The molecule has 246 valence electrons. The van der Waals surface area contributed by atoms with Crippen LogP contribution in [0.15, 0.2) is 53.0 Å². The fourth-order valence-corrected chi connectivity index (χ4v) is 7.95. The third-order valence-electron chi connectivity index (χ3n) is 9.57. The summed E-state index contributed by atoms with van der Waals surface area (Å²) in [5.74, 6) is 0.617. The lowest BCUT2D eigenvalue weighted by molar-refractivity contribution is -0.193. The van der Waals surface area contributed by atoms with E-state index in [0.29, 0.717) is 6.42 Å². The largest absolute Gasteiger partial charge is 0.386 e. The Kier molecular flexibility index (Phi) is 12.5. The molecule has 44 heavy (non-hydrogen) atoms. The second-order valence-corrected chi connectivity index (χ2v) is 14.6. The molecular weight excluding hydrogens is 580 g/mol. The highest BCUT2D eigenvalue weighted by Crippen LogP contribution is 2.49. The molecule has 8 atom stereocenters. The molecule has 1 aromatic rings. The molecular formula is C35H52O8S. The first-order valence-electron chi connectivity index (χ1n) is 16.9. The van der Waals surface area contributed by atoms with Gasteiger partial charge >= 0.3 is 0 Å². The number of ether oxygens (including phenoxy) is 4. The molecule has 0 aromatic heterocycles. The predicted octanol–water partition coefficient (Wildman–Crippen LogP) is 6.60. The Morgan fingerprint density at radius 1 is 1.02 bits per heavy atom. The maximum atomic E-state index is 12.7. The van der Waals surface area contributed by atoms with Crippen LogP contribution in [0.2, 0.25) is 0 Å². The third kappa shape index (κ3) is 9.24. The van der Waals surface area contributed by atoms with E-state index in [4.69, 9.17) is 23.1 Å². The number of unbranched alkanes of at least 4 members (excludes halogenated alkanes) is 2. The number of allylic oxidation sites excluding steroid dienone is 1. The van der Waals surface area contributed by atoms with Crippen molar-refractivity contribution in [3.8, 4) is 0 Å². The number of aliphatic hydroxyl groups excluding tert-OH is 1. The quantitative estimate of drug-likeness (QED) is 0.131. The van der Waals surface area contributed by atoms with Gasteiger partial charge in [-0.05, 0) is 94.3 Å². The van der Waals surface area contributed by atoms with Crippen LogP contribution >= 0.6 is 0 Å².